The lowest BCUT2D eigenvalue weighted by Crippen LogP contribution is -2.41. The molecule has 0 aliphatic rings. The number of hydrogen-bond acceptors (Lipinski definition) is 2. The molecule has 3 nitrogen and oxygen atoms in total. The minimum atomic E-state index is -4.39. The molecule has 0 saturated carbocycles. The van der Waals surface area contributed by atoms with Crippen LogP contribution in [-0.4, -0.2) is 18.8 Å². The summed E-state index contributed by atoms with van der Waals surface area (Å²) in [5, 5.41) is 5.99. The minimum Gasteiger partial charge on any atom is -0.331 e. The number of rotatable bonds is 3. The van der Waals surface area contributed by atoms with Crippen molar-refractivity contribution in [1.29, 1.82) is 0 Å². The zero-order valence-electron chi connectivity index (χ0n) is 8.47. The summed E-state index contributed by atoms with van der Waals surface area (Å²) < 4.78 is 35.4. The van der Waals surface area contributed by atoms with Crippen LogP contribution in [0, 0.1) is 0 Å². The van der Waals surface area contributed by atoms with Crippen molar-refractivity contribution >= 4 is 17.4 Å². The van der Waals surface area contributed by atoms with Crippen LogP contribution in [0.25, 0.3) is 0 Å². The molecule has 0 aliphatic heterocycles. The Kier molecular flexibility index (Phi) is 4.17. The summed E-state index contributed by atoms with van der Waals surface area (Å²) in [5.74, 6) is 0. The zero-order valence-corrected chi connectivity index (χ0v) is 9.28. The van der Waals surface area contributed by atoms with Gasteiger partial charge in [0, 0.05) is 4.88 Å². The SMILES string of the molecule is CC(NC(=O)NCC(F)(F)F)c1cccs1. The van der Waals surface area contributed by atoms with Crippen LogP contribution < -0.4 is 10.6 Å². The minimum absolute atomic E-state index is 0.298. The summed E-state index contributed by atoms with van der Waals surface area (Å²) in [6.45, 7) is 0.384. The number of urea groups is 1. The third kappa shape index (κ3) is 4.52. The molecule has 0 saturated heterocycles. The van der Waals surface area contributed by atoms with Crippen LogP contribution in [0.2, 0.25) is 0 Å². The van der Waals surface area contributed by atoms with Crippen LogP contribution >= 0.6 is 11.3 Å². The molecule has 1 heterocycles. The highest BCUT2D eigenvalue weighted by Gasteiger charge is 2.27. The van der Waals surface area contributed by atoms with Gasteiger partial charge in [-0.15, -0.1) is 11.3 Å². The van der Waals surface area contributed by atoms with Crippen LogP contribution in [0.3, 0.4) is 0 Å². The van der Waals surface area contributed by atoms with Crippen molar-refractivity contribution in [3.8, 4) is 0 Å². The van der Waals surface area contributed by atoms with Gasteiger partial charge >= 0.3 is 12.2 Å². The number of amides is 2. The molecule has 0 spiro atoms. The standard InChI is InChI=1S/C9H11F3N2OS/c1-6(7-3-2-4-16-7)14-8(15)13-5-9(10,11)12/h2-4,6H,5H2,1H3,(H2,13,14,15). The summed E-state index contributed by atoms with van der Waals surface area (Å²) in [4.78, 5) is 12.0. The van der Waals surface area contributed by atoms with Crippen LogP contribution in [0.1, 0.15) is 17.8 Å². The van der Waals surface area contributed by atoms with E-state index in [4.69, 9.17) is 0 Å². The van der Waals surface area contributed by atoms with Gasteiger partial charge in [-0.2, -0.15) is 13.2 Å². The van der Waals surface area contributed by atoms with Crippen LogP contribution in [0.15, 0.2) is 17.5 Å². The van der Waals surface area contributed by atoms with E-state index in [2.05, 4.69) is 5.32 Å². The van der Waals surface area contributed by atoms with Crippen molar-refractivity contribution in [1.82, 2.24) is 10.6 Å². The van der Waals surface area contributed by atoms with E-state index in [0.29, 0.717) is 0 Å². The van der Waals surface area contributed by atoms with Gasteiger partial charge in [-0.1, -0.05) is 6.07 Å². The highest BCUT2D eigenvalue weighted by molar-refractivity contribution is 7.10. The van der Waals surface area contributed by atoms with Gasteiger partial charge in [-0.25, -0.2) is 4.79 Å². The molecule has 0 bridgehead atoms. The van der Waals surface area contributed by atoms with Crippen molar-refractivity contribution in [3.05, 3.63) is 22.4 Å². The Morgan fingerprint density at radius 3 is 2.75 bits per heavy atom. The third-order valence-corrected chi connectivity index (χ3v) is 2.82. The molecule has 1 aromatic rings. The summed E-state index contributed by atoms with van der Waals surface area (Å²) in [7, 11) is 0. The maximum absolute atomic E-state index is 11.8. The second kappa shape index (κ2) is 5.20. The van der Waals surface area contributed by atoms with Crippen molar-refractivity contribution in [2.45, 2.75) is 19.1 Å². The van der Waals surface area contributed by atoms with E-state index in [1.807, 2.05) is 11.4 Å². The fourth-order valence-electron chi connectivity index (χ4n) is 1.04. The van der Waals surface area contributed by atoms with Gasteiger partial charge in [0.15, 0.2) is 0 Å². The van der Waals surface area contributed by atoms with Gasteiger partial charge in [0.25, 0.3) is 0 Å². The van der Waals surface area contributed by atoms with Gasteiger partial charge in [-0.05, 0) is 18.4 Å². The Hall–Kier alpha value is -1.24. The number of carbonyl (C=O) groups excluding carboxylic acids is 1. The summed E-state index contributed by atoms with van der Waals surface area (Å²) in [6.07, 6.45) is -4.39. The number of halogens is 3. The molecular formula is C9H11F3N2OS. The second-order valence-corrected chi connectivity index (χ2v) is 4.16. The first kappa shape index (κ1) is 12.8. The Morgan fingerprint density at radius 2 is 2.25 bits per heavy atom. The quantitative estimate of drug-likeness (QED) is 0.853. The van der Waals surface area contributed by atoms with Gasteiger partial charge in [0.05, 0.1) is 6.04 Å². The molecular weight excluding hydrogens is 241 g/mol. The van der Waals surface area contributed by atoms with Gasteiger partial charge < -0.3 is 10.6 Å². The molecule has 16 heavy (non-hydrogen) atoms. The third-order valence-electron chi connectivity index (χ3n) is 1.77. The van der Waals surface area contributed by atoms with Gasteiger partial charge in [-0.3, -0.25) is 0 Å². The monoisotopic (exact) mass is 252 g/mol. The summed E-state index contributed by atoms with van der Waals surface area (Å²) in [6, 6.07) is 2.50. The average Bonchev–Trinajstić information content (AvgIpc) is 2.66. The normalized spacial score (nSPS) is 13.2. The largest absolute Gasteiger partial charge is 0.405 e. The first-order valence-corrected chi connectivity index (χ1v) is 5.41. The Morgan fingerprint density at radius 1 is 1.56 bits per heavy atom. The molecule has 1 atom stereocenters. The molecule has 0 radical (unpaired) electrons. The molecule has 2 N–H and O–H groups in total. The fraction of sp³-hybridized carbons (Fsp3) is 0.444. The maximum Gasteiger partial charge on any atom is 0.405 e. The molecule has 90 valence electrons. The first-order chi connectivity index (χ1) is 7.38. The van der Waals surface area contributed by atoms with E-state index < -0.39 is 18.8 Å². The van der Waals surface area contributed by atoms with E-state index in [0.717, 1.165) is 4.88 Å². The molecule has 2 amide bonds. The van der Waals surface area contributed by atoms with Gasteiger partial charge in [0.1, 0.15) is 6.54 Å². The second-order valence-electron chi connectivity index (χ2n) is 3.18. The van der Waals surface area contributed by atoms with Crippen LogP contribution in [-0.2, 0) is 0 Å². The van der Waals surface area contributed by atoms with E-state index >= 15 is 0 Å². The Bertz CT molecular complexity index is 337. The molecule has 1 aromatic heterocycles. The number of hydrogen-bond donors (Lipinski definition) is 2. The highest BCUT2D eigenvalue weighted by Crippen LogP contribution is 2.18. The molecule has 1 unspecified atom stereocenters. The Balaban J connectivity index is 2.35. The molecule has 7 heteroatoms. The predicted molar refractivity (Wildman–Crippen MR) is 55.3 cm³/mol. The topological polar surface area (TPSA) is 41.1 Å². The van der Waals surface area contributed by atoms with E-state index in [1.165, 1.54) is 11.3 Å². The van der Waals surface area contributed by atoms with Crippen LogP contribution in [0.4, 0.5) is 18.0 Å². The maximum atomic E-state index is 11.8. The number of carbonyl (C=O) groups is 1. The number of thiophene rings is 1. The van der Waals surface area contributed by atoms with E-state index in [-0.39, 0.29) is 6.04 Å². The van der Waals surface area contributed by atoms with Crippen molar-refractivity contribution in [2.24, 2.45) is 0 Å². The smallest absolute Gasteiger partial charge is 0.331 e. The highest BCUT2D eigenvalue weighted by atomic mass is 32.1. The Labute approximate surface area is 94.7 Å². The molecule has 0 aromatic carbocycles. The zero-order chi connectivity index (χ0) is 12.2. The van der Waals surface area contributed by atoms with Crippen molar-refractivity contribution in [2.75, 3.05) is 6.54 Å². The lowest BCUT2D eigenvalue weighted by molar-refractivity contribution is -0.122. The predicted octanol–water partition coefficient (Wildman–Crippen LogP) is 2.67. The summed E-state index contributed by atoms with van der Waals surface area (Å²) >= 11 is 1.43. The van der Waals surface area contributed by atoms with E-state index in [1.54, 1.807) is 18.3 Å². The van der Waals surface area contributed by atoms with Crippen molar-refractivity contribution in [3.63, 3.8) is 0 Å². The van der Waals surface area contributed by atoms with E-state index in [9.17, 15) is 18.0 Å². The summed E-state index contributed by atoms with van der Waals surface area (Å²) in [5.41, 5.74) is 0. The van der Waals surface area contributed by atoms with Crippen LogP contribution in [0.5, 0.6) is 0 Å². The number of alkyl halides is 3. The molecule has 0 fully saturated rings. The lowest BCUT2D eigenvalue weighted by atomic mass is 10.3. The first-order valence-electron chi connectivity index (χ1n) is 4.53. The van der Waals surface area contributed by atoms with Crippen molar-refractivity contribution < 1.29 is 18.0 Å². The fourth-order valence-corrected chi connectivity index (χ4v) is 1.77. The molecule has 1 rings (SSSR count). The number of nitrogens with one attached hydrogen (secondary N) is 2. The molecule has 0 aliphatic carbocycles. The average molecular weight is 252 g/mol. The lowest BCUT2D eigenvalue weighted by Gasteiger charge is -2.14. The van der Waals surface area contributed by atoms with Gasteiger partial charge in [0.2, 0.25) is 0 Å².